The first-order chi connectivity index (χ1) is 7.38. The SMILES string of the molecule is CCCCN(OOSC)c1ccccc1. The van der Waals surface area contributed by atoms with Crippen LogP contribution in [0.15, 0.2) is 30.3 Å². The van der Waals surface area contributed by atoms with Crippen LogP contribution in [0.2, 0.25) is 0 Å². The van der Waals surface area contributed by atoms with Crippen LogP contribution in [0.5, 0.6) is 0 Å². The van der Waals surface area contributed by atoms with Crippen LogP contribution in [0.4, 0.5) is 5.69 Å². The Morgan fingerprint density at radius 1 is 1.27 bits per heavy atom. The fourth-order valence-electron chi connectivity index (χ4n) is 1.17. The molecule has 0 amide bonds. The van der Waals surface area contributed by atoms with Gasteiger partial charge in [-0.25, -0.2) is 5.06 Å². The first-order valence-electron chi connectivity index (χ1n) is 5.08. The smallest absolute Gasteiger partial charge is 0.0667 e. The first kappa shape index (κ1) is 12.4. The van der Waals surface area contributed by atoms with E-state index in [-0.39, 0.29) is 0 Å². The fraction of sp³-hybridized carbons (Fsp3) is 0.455. The molecule has 0 saturated heterocycles. The molecule has 0 aliphatic heterocycles. The Hall–Kier alpha value is -0.710. The molecular formula is C11H17NO2S. The summed E-state index contributed by atoms with van der Waals surface area (Å²) in [5.74, 6) is 0. The number of rotatable bonds is 7. The van der Waals surface area contributed by atoms with Crippen molar-refractivity contribution in [3.8, 4) is 0 Å². The van der Waals surface area contributed by atoms with Gasteiger partial charge >= 0.3 is 0 Å². The normalized spacial score (nSPS) is 10.3. The molecule has 0 radical (unpaired) electrons. The maximum absolute atomic E-state index is 5.18. The highest BCUT2D eigenvalue weighted by Crippen LogP contribution is 2.16. The van der Waals surface area contributed by atoms with Gasteiger partial charge < -0.3 is 0 Å². The van der Waals surface area contributed by atoms with E-state index in [1.165, 1.54) is 12.0 Å². The molecule has 0 aromatic heterocycles. The van der Waals surface area contributed by atoms with Crippen molar-refractivity contribution in [2.45, 2.75) is 19.8 Å². The molecule has 0 atom stereocenters. The Bertz CT molecular complexity index is 248. The molecule has 0 aliphatic rings. The van der Waals surface area contributed by atoms with Crippen molar-refractivity contribution >= 4 is 17.7 Å². The first-order valence-corrected chi connectivity index (χ1v) is 6.23. The summed E-state index contributed by atoms with van der Waals surface area (Å²) in [6, 6.07) is 9.95. The fourth-order valence-corrected chi connectivity index (χ4v) is 1.31. The molecule has 0 saturated carbocycles. The predicted octanol–water partition coefficient (Wildman–Crippen LogP) is 3.43. The minimum absolute atomic E-state index is 0.834. The van der Waals surface area contributed by atoms with Gasteiger partial charge in [-0.05, 0) is 18.6 Å². The van der Waals surface area contributed by atoms with E-state index in [2.05, 4.69) is 6.92 Å². The highest BCUT2D eigenvalue weighted by atomic mass is 32.2. The third kappa shape index (κ3) is 4.55. The van der Waals surface area contributed by atoms with Gasteiger partial charge in [0.15, 0.2) is 0 Å². The Balaban J connectivity index is 2.55. The zero-order chi connectivity index (χ0) is 10.9. The van der Waals surface area contributed by atoms with Gasteiger partial charge in [-0.2, -0.15) is 0 Å². The van der Waals surface area contributed by atoms with Gasteiger partial charge in [-0.15, -0.1) is 4.33 Å². The number of anilines is 1. The number of benzene rings is 1. The van der Waals surface area contributed by atoms with E-state index in [0.717, 1.165) is 25.1 Å². The molecule has 1 aromatic rings. The lowest BCUT2D eigenvalue weighted by Crippen LogP contribution is -2.23. The quantitative estimate of drug-likeness (QED) is 0.404. The minimum Gasteiger partial charge on any atom is -0.222 e. The van der Waals surface area contributed by atoms with Gasteiger partial charge in [0.2, 0.25) is 0 Å². The van der Waals surface area contributed by atoms with E-state index >= 15 is 0 Å². The Labute approximate surface area is 95.5 Å². The van der Waals surface area contributed by atoms with Crippen LogP contribution >= 0.6 is 12.0 Å². The van der Waals surface area contributed by atoms with Gasteiger partial charge in [0.25, 0.3) is 0 Å². The van der Waals surface area contributed by atoms with E-state index < -0.39 is 0 Å². The number of hydrogen-bond donors (Lipinski definition) is 0. The predicted molar refractivity (Wildman–Crippen MR) is 64.4 cm³/mol. The van der Waals surface area contributed by atoms with Crippen LogP contribution in [0, 0.1) is 0 Å². The third-order valence-corrected chi connectivity index (χ3v) is 2.14. The second-order valence-electron chi connectivity index (χ2n) is 3.10. The largest absolute Gasteiger partial charge is 0.222 e. The van der Waals surface area contributed by atoms with Crippen LogP contribution < -0.4 is 5.06 Å². The Kier molecular flexibility index (Phi) is 6.23. The van der Waals surface area contributed by atoms with Crippen molar-refractivity contribution in [3.05, 3.63) is 30.3 Å². The van der Waals surface area contributed by atoms with Crippen molar-refractivity contribution in [2.24, 2.45) is 0 Å². The number of para-hydroxylation sites is 1. The summed E-state index contributed by atoms with van der Waals surface area (Å²) in [5.41, 5.74) is 1.01. The second-order valence-corrected chi connectivity index (χ2v) is 3.57. The third-order valence-electron chi connectivity index (χ3n) is 1.95. The van der Waals surface area contributed by atoms with Crippen molar-refractivity contribution < 1.29 is 9.32 Å². The maximum Gasteiger partial charge on any atom is 0.0667 e. The lowest BCUT2D eigenvalue weighted by Gasteiger charge is -2.20. The van der Waals surface area contributed by atoms with Crippen molar-refractivity contribution in [3.63, 3.8) is 0 Å². The van der Waals surface area contributed by atoms with Crippen molar-refractivity contribution in [1.82, 2.24) is 0 Å². The highest BCUT2D eigenvalue weighted by molar-refractivity contribution is 7.93. The number of nitrogens with zero attached hydrogens (tertiary/aromatic N) is 1. The topological polar surface area (TPSA) is 21.7 Å². The summed E-state index contributed by atoms with van der Waals surface area (Å²) in [4.78, 5) is 5.18. The summed E-state index contributed by atoms with van der Waals surface area (Å²) >= 11 is 1.19. The molecule has 0 fully saturated rings. The van der Waals surface area contributed by atoms with Gasteiger partial charge in [-0.1, -0.05) is 36.5 Å². The average molecular weight is 227 g/mol. The Morgan fingerprint density at radius 3 is 2.60 bits per heavy atom. The number of hydroxylamine groups is 1. The molecule has 0 N–H and O–H groups in total. The number of unbranched alkanes of at least 4 members (excludes halogenated alkanes) is 1. The molecule has 0 aliphatic carbocycles. The van der Waals surface area contributed by atoms with Crippen LogP contribution in [0.1, 0.15) is 19.8 Å². The summed E-state index contributed by atoms with van der Waals surface area (Å²) in [6.07, 6.45) is 4.03. The monoisotopic (exact) mass is 227 g/mol. The molecular weight excluding hydrogens is 210 g/mol. The number of hydrogen-bond acceptors (Lipinski definition) is 4. The van der Waals surface area contributed by atoms with Crippen LogP contribution in [-0.4, -0.2) is 12.8 Å². The van der Waals surface area contributed by atoms with E-state index in [9.17, 15) is 0 Å². The van der Waals surface area contributed by atoms with E-state index in [0.29, 0.717) is 0 Å². The van der Waals surface area contributed by atoms with Gasteiger partial charge in [0.05, 0.1) is 5.69 Å². The molecule has 4 heteroatoms. The lowest BCUT2D eigenvalue weighted by molar-refractivity contribution is -0.203. The summed E-state index contributed by atoms with van der Waals surface area (Å²) in [7, 11) is 0. The molecule has 15 heavy (non-hydrogen) atoms. The van der Waals surface area contributed by atoms with Crippen LogP contribution in [-0.2, 0) is 9.32 Å². The van der Waals surface area contributed by atoms with Crippen molar-refractivity contribution in [1.29, 1.82) is 0 Å². The van der Waals surface area contributed by atoms with Crippen molar-refractivity contribution in [2.75, 3.05) is 17.9 Å². The van der Waals surface area contributed by atoms with E-state index in [4.69, 9.17) is 9.32 Å². The molecule has 0 heterocycles. The van der Waals surface area contributed by atoms with Gasteiger partial charge in [0.1, 0.15) is 0 Å². The summed E-state index contributed by atoms with van der Waals surface area (Å²) in [5, 5.41) is 1.76. The molecule has 0 unspecified atom stereocenters. The molecule has 1 rings (SSSR count). The van der Waals surface area contributed by atoms with E-state index in [1.54, 1.807) is 5.06 Å². The molecule has 0 bridgehead atoms. The minimum atomic E-state index is 0.834. The lowest BCUT2D eigenvalue weighted by atomic mass is 10.3. The van der Waals surface area contributed by atoms with Crippen LogP contribution in [0.25, 0.3) is 0 Å². The molecule has 0 spiro atoms. The maximum atomic E-state index is 5.18. The van der Waals surface area contributed by atoms with E-state index in [1.807, 2.05) is 36.6 Å². The Morgan fingerprint density at radius 2 is 2.00 bits per heavy atom. The standard InChI is InChI=1S/C11H17NO2S/c1-3-4-10-12(13-14-15-2)11-8-6-5-7-9-11/h5-9H,3-4,10H2,1-2H3. The van der Waals surface area contributed by atoms with Gasteiger partial charge in [-0.3, -0.25) is 0 Å². The average Bonchev–Trinajstić information content (AvgIpc) is 2.30. The van der Waals surface area contributed by atoms with Crippen LogP contribution in [0.3, 0.4) is 0 Å². The molecule has 3 nitrogen and oxygen atoms in total. The highest BCUT2D eigenvalue weighted by Gasteiger charge is 2.06. The summed E-state index contributed by atoms with van der Waals surface area (Å²) < 4.78 is 4.89. The second kappa shape index (κ2) is 7.56. The molecule has 1 aromatic carbocycles. The summed E-state index contributed by atoms with van der Waals surface area (Å²) in [6.45, 7) is 2.99. The molecule has 84 valence electrons. The van der Waals surface area contributed by atoms with Gasteiger partial charge in [0, 0.05) is 24.8 Å². The zero-order valence-corrected chi connectivity index (χ0v) is 10.00. The zero-order valence-electron chi connectivity index (χ0n) is 9.18.